The Hall–Kier alpha value is -0.670. The number of carbonyl (C=O) groups is 1. The molecular formula is C18H26ClNOS. The van der Waals surface area contributed by atoms with Gasteiger partial charge in [0.25, 0.3) is 0 Å². The smallest absolute Gasteiger partial charge is 0.224 e. The maximum absolute atomic E-state index is 12.7. The third-order valence-electron chi connectivity index (χ3n) is 3.83. The number of rotatable bonds is 4. The van der Waals surface area contributed by atoms with E-state index in [1.165, 1.54) is 0 Å². The fourth-order valence-corrected chi connectivity index (χ4v) is 4.66. The van der Waals surface area contributed by atoms with Crippen LogP contribution in [-0.4, -0.2) is 23.1 Å². The van der Waals surface area contributed by atoms with E-state index < -0.39 is 0 Å². The lowest BCUT2D eigenvalue weighted by Crippen LogP contribution is -2.32. The lowest BCUT2D eigenvalue weighted by Gasteiger charge is -2.28. The molecule has 0 spiro atoms. The maximum Gasteiger partial charge on any atom is 0.224 e. The van der Waals surface area contributed by atoms with Gasteiger partial charge < -0.3 is 4.90 Å². The Kier molecular flexibility index (Phi) is 5.84. The fraction of sp³-hybridized carbons (Fsp3) is 0.611. The van der Waals surface area contributed by atoms with Gasteiger partial charge in [0.05, 0.1) is 0 Å². The number of benzene rings is 1. The van der Waals surface area contributed by atoms with Crippen LogP contribution < -0.4 is 0 Å². The summed E-state index contributed by atoms with van der Waals surface area (Å²) in [5.41, 5.74) is 1.40. The zero-order valence-corrected chi connectivity index (χ0v) is 15.5. The molecule has 4 heteroatoms. The first kappa shape index (κ1) is 17.7. The van der Waals surface area contributed by atoms with E-state index in [0.29, 0.717) is 12.3 Å². The first-order valence-electron chi connectivity index (χ1n) is 7.93. The Morgan fingerprint density at radius 2 is 2.18 bits per heavy atom. The molecule has 1 aliphatic rings. The van der Waals surface area contributed by atoms with E-state index in [1.54, 1.807) is 0 Å². The van der Waals surface area contributed by atoms with Crippen molar-refractivity contribution < 1.29 is 4.79 Å². The number of hydrogen-bond acceptors (Lipinski definition) is 2. The van der Waals surface area contributed by atoms with E-state index in [9.17, 15) is 4.79 Å². The molecule has 0 radical (unpaired) electrons. The second kappa shape index (κ2) is 7.27. The SMILES string of the molecule is C[C@@H](CC(=O)N1CCS[C@H]1c1cccc(Cl)c1)CC(C)(C)C. The van der Waals surface area contributed by atoms with Gasteiger partial charge in [0, 0.05) is 23.7 Å². The van der Waals surface area contributed by atoms with Crippen molar-refractivity contribution in [1.29, 1.82) is 0 Å². The van der Waals surface area contributed by atoms with Crippen LogP contribution in [0.1, 0.15) is 51.5 Å². The molecule has 1 amide bonds. The second-order valence-corrected chi connectivity index (χ2v) is 9.06. The Balaban J connectivity index is 2.02. The quantitative estimate of drug-likeness (QED) is 0.734. The van der Waals surface area contributed by atoms with Crippen LogP contribution in [0.15, 0.2) is 24.3 Å². The van der Waals surface area contributed by atoms with Gasteiger partial charge in [0.15, 0.2) is 0 Å². The summed E-state index contributed by atoms with van der Waals surface area (Å²) in [5, 5.41) is 0.853. The summed E-state index contributed by atoms with van der Waals surface area (Å²) in [5.74, 6) is 1.68. The first-order chi connectivity index (χ1) is 10.3. The molecule has 22 heavy (non-hydrogen) atoms. The summed E-state index contributed by atoms with van der Waals surface area (Å²) in [6.45, 7) is 9.71. The van der Waals surface area contributed by atoms with Gasteiger partial charge in [-0.15, -0.1) is 11.8 Å². The van der Waals surface area contributed by atoms with Crippen molar-refractivity contribution in [2.45, 2.75) is 45.9 Å². The molecule has 0 saturated carbocycles. The molecule has 0 aromatic heterocycles. The minimum absolute atomic E-state index is 0.119. The van der Waals surface area contributed by atoms with Crippen LogP contribution in [0.25, 0.3) is 0 Å². The molecule has 0 N–H and O–H groups in total. The lowest BCUT2D eigenvalue weighted by molar-refractivity contribution is -0.132. The van der Waals surface area contributed by atoms with E-state index in [0.717, 1.165) is 29.3 Å². The topological polar surface area (TPSA) is 20.3 Å². The maximum atomic E-state index is 12.7. The molecule has 1 saturated heterocycles. The fourth-order valence-electron chi connectivity index (χ4n) is 3.19. The van der Waals surface area contributed by atoms with Crippen LogP contribution in [0.5, 0.6) is 0 Å². The van der Waals surface area contributed by atoms with Crippen molar-refractivity contribution in [1.82, 2.24) is 4.90 Å². The predicted octanol–water partition coefficient (Wildman–Crippen LogP) is 5.38. The van der Waals surface area contributed by atoms with Crippen LogP contribution >= 0.6 is 23.4 Å². The monoisotopic (exact) mass is 339 g/mol. The molecule has 2 nitrogen and oxygen atoms in total. The summed E-state index contributed by atoms with van der Waals surface area (Å²) in [6, 6.07) is 7.88. The van der Waals surface area contributed by atoms with E-state index in [-0.39, 0.29) is 16.7 Å². The van der Waals surface area contributed by atoms with Gasteiger partial charge in [-0.25, -0.2) is 0 Å². The number of thioether (sulfide) groups is 1. The highest BCUT2D eigenvalue weighted by Crippen LogP contribution is 2.39. The zero-order valence-electron chi connectivity index (χ0n) is 13.9. The number of carbonyl (C=O) groups excluding carboxylic acids is 1. The molecule has 1 aromatic carbocycles. The van der Waals surface area contributed by atoms with Gasteiger partial charge in [-0.2, -0.15) is 0 Å². The van der Waals surface area contributed by atoms with Gasteiger partial charge in [-0.05, 0) is 35.4 Å². The van der Waals surface area contributed by atoms with Gasteiger partial charge in [-0.3, -0.25) is 4.79 Å². The molecule has 2 rings (SSSR count). The highest BCUT2D eigenvalue weighted by molar-refractivity contribution is 7.99. The molecule has 0 aliphatic carbocycles. The normalized spacial score (nSPS) is 20.2. The van der Waals surface area contributed by atoms with E-state index in [4.69, 9.17) is 11.6 Å². The number of nitrogens with zero attached hydrogens (tertiary/aromatic N) is 1. The van der Waals surface area contributed by atoms with E-state index in [1.807, 2.05) is 34.9 Å². The molecule has 2 atom stereocenters. The molecule has 1 fully saturated rings. The molecule has 1 aromatic rings. The molecule has 1 aliphatic heterocycles. The van der Waals surface area contributed by atoms with Gasteiger partial charge >= 0.3 is 0 Å². The summed E-state index contributed by atoms with van der Waals surface area (Å²) in [4.78, 5) is 14.7. The lowest BCUT2D eigenvalue weighted by atomic mass is 9.84. The van der Waals surface area contributed by atoms with Crippen molar-refractivity contribution in [3.63, 3.8) is 0 Å². The van der Waals surface area contributed by atoms with Gasteiger partial charge in [0.2, 0.25) is 5.91 Å². The highest BCUT2D eigenvalue weighted by Gasteiger charge is 2.31. The molecule has 1 heterocycles. The van der Waals surface area contributed by atoms with Crippen molar-refractivity contribution in [3.05, 3.63) is 34.9 Å². The van der Waals surface area contributed by atoms with Crippen molar-refractivity contribution >= 4 is 29.3 Å². The van der Waals surface area contributed by atoms with Crippen LogP contribution in [0.3, 0.4) is 0 Å². The van der Waals surface area contributed by atoms with E-state index >= 15 is 0 Å². The molecule has 0 unspecified atom stereocenters. The zero-order chi connectivity index (χ0) is 16.3. The summed E-state index contributed by atoms with van der Waals surface area (Å²) in [6.07, 6.45) is 1.70. The van der Waals surface area contributed by atoms with Crippen molar-refractivity contribution in [3.8, 4) is 0 Å². The summed E-state index contributed by atoms with van der Waals surface area (Å²) in [7, 11) is 0. The minimum atomic E-state index is 0.119. The third kappa shape index (κ3) is 4.92. The molecule has 122 valence electrons. The first-order valence-corrected chi connectivity index (χ1v) is 9.35. The predicted molar refractivity (Wildman–Crippen MR) is 96.2 cm³/mol. The second-order valence-electron chi connectivity index (χ2n) is 7.44. The van der Waals surface area contributed by atoms with Gasteiger partial charge in [-0.1, -0.05) is 51.4 Å². The Bertz CT molecular complexity index is 526. The number of halogens is 1. The minimum Gasteiger partial charge on any atom is -0.326 e. The average molecular weight is 340 g/mol. The van der Waals surface area contributed by atoms with Crippen LogP contribution in [0.4, 0.5) is 0 Å². The van der Waals surface area contributed by atoms with Crippen LogP contribution in [0, 0.1) is 11.3 Å². The van der Waals surface area contributed by atoms with Crippen LogP contribution in [-0.2, 0) is 4.79 Å². The third-order valence-corrected chi connectivity index (χ3v) is 5.32. The highest BCUT2D eigenvalue weighted by atomic mass is 35.5. The molecule has 0 bridgehead atoms. The van der Waals surface area contributed by atoms with Crippen LogP contribution in [0.2, 0.25) is 5.02 Å². The summed E-state index contributed by atoms with van der Waals surface area (Å²) >= 11 is 7.92. The Labute approximate surface area is 143 Å². The van der Waals surface area contributed by atoms with Crippen molar-refractivity contribution in [2.24, 2.45) is 11.3 Å². The number of amides is 1. The van der Waals surface area contributed by atoms with E-state index in [2.05, 4.69) is 33.8 Å². The Morgan fingerprint density at radius 1 is 1.45 bits per heavy atom. The summed E-state index contributed by atoms with van der Waals surface area (Å²) < 4.78 is 0. The largest absolute Gasteiger partial charge is 0.326 e. The van der Waals surface area contributed by atoms with Crippen molar-refractivity contribution in [2.75, 3.05) is 12.3 Å². The number of hydrogen-bond donors (Lipinski definition) is 0. The standard InChI is InChI=1S/C18H26ClNOS/c1-13(12-18(2,3)4)10-16(21)20-8-9-22-17(20)14-6-5-7-15(19)11-14/h5-7,11,13,17H,8-10,12H2,1-4H3/t13-,17-/m0/s1. The van der Waals surface area contributed by atoms with Gasteiger partial charge in [0.1, 0.15) is 5.37 Å². The Morgan fingerprint density at radius 3 is 2.82 bits per heavy atom. The average Bonchev–Trinajstić information content (AvgIpc) is 2.85. The molecular weight excluding hydrogens is 314 g/mol.